The first kappa shape index (κ1) is 22.1. The van der Waals surface area contributed by atoms with Gasteiger partial charge in [0, 0.05) is 29.6 Å². The number of benzene rings is 2. The minimum absolute atomic E-state index is 0.0214. The van der Waals surface area contributed by atoms with Gasteiger partial charge in [-0.2, -0.15) is 18.2 Å². The van der Waals surface area contributed by atoms with Crippen LogP contribution in [0.3, 0.4) is 0 Å². The van der Waals surface area contributed by atoms with Crippen LogP contribution in [0.2, 0.25) is 5.02 Å². The van der Waals surface area contributed by atoms with Crippen molar-refractivity contribution in [3.05, 3.63) is 65.0 Å². The predicted molar refractivity (Wildman–Crippen MR) is 110 cm³/mol. The van der Waals surface area contributed by atoms with Crippen molar-refractivity contribution < 1.29 is 27.2 Å². The summed E-state index contributed by atoms with van der Waals surface area (Å²) in [6, 6.07) is 11.4. The van der Waals surface area contributed by atoms with E-state index >= 15 is 0 Å². The van der Waals surface area contributed by atoms with Crippen LogP contribution in [0.5, 0.6) is 5.75 Å². The molecule has 0 spiro atoms. The van der Waals surface area contributed by atoms with Crippen LogP contribution in [0.1, 0.15) is 30.2 Å². The molecule has 0 atom stereocenters. The number of aromatic nitrogens is 2. The molecule has 1 amide bonds. The molecule has 4 rings (SSSR count). The standard InChI is InChI=1S/C22H19ClF3N3O3/c23-17-5-7-18(8-6-17)31-13-19(30)29-11-9-15(10-12-29)21-27-20(28-32-21)14-1-3-16(4-2-14)22(24,25)26/h1-8,15H,9-13H2. The number of carbonyl (C=O) groups is 1. The highest BCUT2D eigenvalue weighted by Crippen LogP contribution is 2.32. The number of rotatable bonds is 5. The summed E-state index contributed by atoms with van der Waals surface area (Å²) in [6.07, 6.45) is -3.12. The molecule has 0 N–H and O–H groups in total. The maximum absolute atomic E-state index is 12.7. The van der Waals surface area contributed by atoms with Crippen LogP contribution in [0.4, 0.5) is 13.2 Å². The lowest BCUT2D eigenvalue weighted by Gasteiger charge is -2.30. The second-order valence-corrected chi connectivity index (χ2v) is 7.87. The number of ether oxygens (including phenoxy) is 1. The number of hydrogen-bond acceptors (Lipinski definition) is 5. The molecule has 0 bridgehead atoms. The Hall–Kier alpha value is -3.07. The van der Waals surface area contributed by atoms with E-state index in [1.54, 1.807) is 29.2 Å². The molecule has 168 valence electrons. The van der Waals surface area contributed by atoms with Gasteiger partial charge >= 0.3 is 6.18 Å². The van der Waals surface area contributed by atoms with Crippen molar-refractivity contribution in [2.45, 2.75) is 24.9 Å². The number of amides is 1. The Balaban J connectivity index is 1.30. The molecule has 1 saturated heterocycles. The third kappa shape index (κ3) is 5.21. The second kappa shape index (κ2) is 9.20. The predicted octanol–water partition coefficient (Wildman–Crippen LogP) is 5.19. The zero-order valence-corrected chi connectivity index (χ0v) is 17.6. The molecule has 0 saturated carbocycles. The Morgan fingerprint density at radius 3 is 2.38 bits per heavy atom. The maximum Gasteiger partial charge on any atom is 0.416 e. The maximum atomic E-state index is 12.7. The van der Waals surface area contributed by atoms with Gasteiger partial charge in [-0.3, -0.25) is 4.79 Å². The van der Waals surface area contributed by atoms with E-state index < -0.39 is 11.7 Å². The lowest BCUT2D eigenvalue weighted by atomic mass is 9.96. The van der Waals surface area contributed by atoms with E-state index in [0.717, 1.165) is 12.1 Å². The third-order valence-electron chi connectivity index (χ3n) is 5.29. The van der Waals surface area contributed by atoms with Gasteiger partial charge in [-0.05, 0) is 49.2 Å². The quantitative estimate of drug-likeness (QED) is 0.518. The van der Waals surface area contributed by atoms with Gasteiger partial charge < -0.3 is 14.2 Å². The van der Waals surface area contributed by atoms with Gasteiger partial charge in [0.05, 0.1) is 5.56 Å². The van der Waals surface area contributed by atoms with Gasteiger partial charge in [-0.1, -0.05) is 28.9 Å². The Morgan fingerprint density at radius 1 is 1.09 bits per heavy atom. The summed E-state index contributed by atoms with van der Waals surface area (Å²) in [5.74, 6) is 1.09. The topological polar surface area (TPSA) is 68.5 Å². The van der Waals surface area contributed by atoms with E-state index in [0.29, 0.717) is 48.2 Å². The van der Waals surface area contributed by atoms with Crippen LogP contribution in [-0.4, -0.2) is 40.6 Å². The summed E-state index contributed by atoms with van der Waals surface area (Å²) in [5, 5.41) is 4.49. The molecule has 10 heteroatoms. The number of piperidine rings is 1. The molecular formula is C22H19ClF3N3O3. The van der Waals surface area contributed by atoms with Crippen LogP contribution >= 0.6 is 11.6 Å². The zero-order chi connectivity index (χ0) is 22.7. The second-order valence-electron chi connectivity index (χ2n) is 7.43. The van der Waals surface area contributed by atoms with Crippen molar-refractivity contribution in [1.29, 1.82) is 0 Å². The Kier molecular flexibility index (Phi) is 6.36. The van der Waals surface area contributed by atoms with Crippen LogP contribution in [0.15, 0.2) is 53.1 Å². The summed E-state index contributed by atoms with van der Waals surface area (Å²) in [7, 11) is 0. The number of likely N-dealkylation sites (tertiary alicyclic amines) is 1. The van der Waals surface area contributed by atoms with Crippen LogP contribution in [-0.2, 0) is 11.0 Å². The molecule has 1 fully saturated rings. The van der Waals surface area contributed by atoms with Gasteiger partial charge in [0.25, 0.3) is 5.91 Å². The van der Waals surface area contributed by atoms with E-state index in [4.69, 9.17) is 20.9 Å². The first-order valence-electron chi connectivity index (χ1n) is 9.97. The van der Waals surface area contributed by atoms with E-state index in [9.17, 15) is 18.0 Å². The van der Waals surface area contributed by atoms with Crippen LogP contribution in [0.25, 0.3) is 11.4 Å². The van der Waals surface area contributed by atoms with E-state index in [-0.39, 0.29) is 24.3 Å². The van der Waals surface area contributed by atoms with Gasteiger partial charge in [0.15, 0.2) is 6.61 Å². The largest absolute Gasteiger partial charge is 0.484 e. The molecule has 1 aliphatic rings. The highest BCUT2D eigenvalue weighted by atomic mass is 35.5. The van der Waals surface area contributed by atoms with Gasteiger partial charge in [0.2, 0.25) is 11.7 Å². The fourth-order valence-corrected chi connectivity index (χ4v) is 3.60. The summed E-state index contributed by atoms with van der Waals surface area (Å²) >= 11 is 5.83. The number of alkyl halides is 3. The lowest BCUT2D eigenvalue weighted by molar-refractivity contribution is -0.137. The first-order chi connectivity index (χ1) is 15.3. The summed E-state index contributed by atoms with van der Waals surface area (Å²) in [6.45, 7) is 0.974. The molecule has 0 radical (unpaired) electrons. The Morgan fingerprint density at radius 2 is 1.75 bits per heavy atom. The van der Waals surface area contributed by atoms with E-state index in [2.05, 4.69) is 10.1 Å². The van der Waals surface area contributed by atoms with Crippen molar-refractivity contribution >= 4 is 17.5 Å². The highest BCUT2D eigenvalue weighted by Gasteiger charge is 2.31. The molecule has 2 aromatic carbocycles. The molecule has 1 aromatic heterocycles. The lowest BCUT2D eigenvalue weighted by Crippen LogP contribution is -2.40. The SMILES string of the molecule is O=C(COc1ccc(Cl)cc1)N1CCC(c2nc(-c3ccc(C(F)(F)F)cc3)no2)CC1. The van der Waals surface area contributed by atoms with Gasteiger partial charge in [0.1, 0.15) is 5.75 Å². The minimum atomic E-state index is -4.40. The normalized spacial score (nSPS) is 15.1. The zero-order valence-electron chi connectivity index (χ0n) is 16.8. The van der Waals surface area contributed by atoms with Gasteiger partial charge in [-0.25, -0.2) is 0 Å². The van der Waals surface area contributed by atoms with Crippen molar-refractivity contribution in [2.75, 3.05) is 19.7 Å². The number of hydrogen-bond donors (Lipinski definition) is 0. The van der Waals surface area contributed by atoms with Crippen molar-refractivity contribution in [3.63, 3.8) is 0 Å². The molecule has 32 heavy (non-hydrogen) atoms. The monoisotopic (exact) mass is 465 g/mol. The minimum Gasteiger partial charge on any atom is -0.484 e. The Labute approximate surface area is 186 Å². The summed E-state index contributed by atoms with van der Waals surface area (Å²) < 4.78 is 49.0. The summed E-state index contributed by atoms with van der Waals surface area (Å²) in [5.41, 5.74) is -0.290. The molecule has 2 heterocycles. The number of carbonyl (C=O) groups excluding carboxylic acids is 1. The summed E-state index contributed by atoms with van der Waals surface area (Å²) in [4.78, 5) is 18.5. The van der Waals surface area contributed by atoms with E-state index in [1.165, 1.54) is 12.1 Å². The number of halogens is 4. The smallest absolute Gasteiger partial charge is 0.416 e. The van der Waals surface area contributed by atoms with Crippen LogP contribution < -0.4 is 4.74 Å². The average Bonchev–Trinajstić information content (AvgIpc) is 3.28. The van der Waals surface area contributed by atoms with Crippen molar-refractivity contribution in [3.8, 4) is 17.1 Å². The molecule has 3 aromatic rings. The van der Waals surface area contributed by atoms with Crippen molar-refractivity contribution in [1.82, 2.24) is 15.0 Å². The molecule has 0 unspecified atom stereocenters. The van der Waals surface area contributed by atoms with Crippen LogP contribution in [0, 0.1) is 0 Å². The van der Waals surface area contributed by atoms with E-state index in [1.807, 2.05) is 0 Å². The molecular weight excluding hydrogens is 447 g/mol. The Bertz CT molecular complexity index is 1060. The van der Waals surface area contributed by atoms with Gasteiger partial charge in [-0.15, -0.1) is 0 Å². The molecule has 6 nitrogen and oxygen atoms in total. The molecule has 1 aliphatic heterocycles. The number of nitrogens with zero attached hydrogens (tertiary/aromatic N) is 3. The molecule has 0 aliphatic carbocycles. The first-order valence-corrected chi connectivity index (χ1v) is 10.3. The highest BCUT2D eigenvalue weighted by molar-refractivity contribution is 6.30. The third-order valence-corrected chi connectivity index (χ3v) is 5.54. The van der Waals surface area contributed by atoms with Crippen molar-refractivity contribution in [2.24, 2.45) is 0 Å². The fourth-order valence-electron chi connectivity index (χ4n) is 3.47. The average molecular weight is 466 g/mol. The fraction of sp³-hybridized carbons (Fsp3) is 0.318.